The fourth-order valence-corrected chi connectivity index (χ4v) is 4.44. The van der Waals surface area contributed by atoms with Crippen molar-refractivity contribution in [3.05, 3.63) is 32.8 Å². The van der Waals surface area contributed by atoms with E-state index in [0.29, 0.717) is 21.1 Å². The predicted octanol–water partition coefficient (Wildman–Crippen LogP) is 5.49. The van der Waals surface area contributed by atoms with Crippen LogP contribution in [0.25, 0.3) is 0 Å². The van der Waals surface area contributed by atoms with Gasteiger partial charge >= 0.3 is 0 Å². The fourth-order valence-electron chi connectivity index (χ4n) is 3.74. The Kier molecular flexibility index (Phi) is 4.01. The van der Waals surface area contributed by atoms with Crippen LogP contribution >= 0.6 is 34.8 Å². The van der Waals surface area contributed by atoms with Crippen LogP contribution in [0.4, 0.5) is 0 Å². The molecule has 0 saturated heterocycles. The molecule has 2 aliphatic rings. The monoisotopic (exact) mass is 317 g/mol. The average Bonchev–Trinajstić information content (AvgIpc) is 2.98. The molecule has 3 rings (SSSR count). The third kappa shape index (κ3) is 2.63. The van der Waals surface area contributed by atoms with Crippen molar-refractivity contribution >= 4 is 34.8 Å². The second kappa shape index (κ2) is 5.44. The Morgan fingerprint density at radius 1 is 1.11 bits per heavy atom. The van der Waals surface area contributed by atoms with E-state index in [1.807, 2.05) is 12.1 Å². The minimum Gasteiger partial charge on any atom is -0.307 e. The summed E-state index contributed by atoms with van der Waals surface area (Å²) >= 11 is 18.4. The molecule has 2 fully saturated rings. The lowest BCUT2D eigenvalue weighted by atomic mass is 9.94. The molecular weight excluding hydrogens is 301 g/mol. The molecule has 1 aromatic carbocycles. The van der Waals surface area contributed by atoms with E-state index in [9.17, 15) is 0 Å². The number of nitrogens with one attached hydrogen (secondary N) is 1. The third-order valence-corrected chi connectivity index (χ3v) is 6.04. The molecule has 0 spiro atoms. The molecule has 0 aliphatic heterocycles. The Morgan fingerprint density at radius 2 is 1.89 bits per heavy atom. The van der Waals surface area contributed by atoms with Gasteiger partial charge in [-0.15, -0.1) is 0 Å². The van der Waals surface area contributed by atoms with Gasteiger partial charge in [-0.3, -0.25) is 0 Å². The lowest BCUT2D eigenvalue weighted by molar-refractivity contribution is 0.327. The van der Waals surface area contributed by atoms with E-state index in [2.05, 4.69) is 12.2 Å². The predicted molar refractivity (Wildman–Crippen MR) is 82.3 cm³/mol. The van der Waals surface area contributed by atoms with Gasteiger partial charge in [0, 0.05) is 12.1 Å². The van der Waals surface area contributed by atoms with Gasteiger partial charge in [0.05, 0.1) is 15.1 Å². The number of benzene rings is 1. The van der Waals surface area contributed by atoms with E-state index < -0.39 is 0 Å². The van der Waals surface area contributed by atoms with Crippen molar-refractivity contribution in [1.29, 1.82) is 0 Å². The third-order valence-electron chi connectivity index (χ3n) is 4.73. The average molecular weight is 319 g/mol. The maximum absolute atomic E-state index is 6.30. The zero-order valence-electron chi connectivity index (χ0n) is 10.9. The van der Waals surface area contributed by atoms with E-state index in [1.54, 1.807) is 0 Å². The second-order valence-corrected chi connectivity index (χ2v) is 7.10. The molecule has 4 unspecified atom stereocenters. The van der Waals surface area contributed by atoms with Gasteiger partial charge in [-0.1, -0.05) is 47.3 Å². The molecule has 2 bridgehead atoms. The first kappa shape index (κ1) is 14.0. The summed E-state index contributed by atoms with van der Waals surface area (Å²) in [6.07, 6.45) is 5.52. The Morgan fingerprint density at radius 3 is 2.53 bits per heavy atom. The number of rotatable bonds is 3. The summed E-state index contributed by atoms with van der Waals surface area (Å²) in [6.45, 7) is 2.15. The zero-order valence-corrected chi connectivity index (χ0v) is 13.2. The highest BCUT2D eigenvalue weighted by molar-refractivity contribution is 6.48. The van der Waals surface area contributed by atoms with Crippen LogP contribution in [-0.4, -0.2) is 6.04 Å². The number of halogens is 3. The van der Waals surface area contributed by atoms with Gasteiger partial charge in [0.15, 0.2) is 0 Å². The van der Waals surface area contributed by atoms with Crippen molar-refractivity contribution in [2.75, 3.05) is 0 Å². The van der Waals surface area contributed by atoms with Crippen molar-refractivity contribution in [3.8, 4) is 0 Å². The van der Waals surface area contributed by atoms with Gasteiger partial charge in [-0.2, -0.15) is 0 Å². The van der Waals surface area contributed by atoms with E-state index in [1.165, 1.54) is 25.7 Å². The molecule has 0 amide bonds. The van der Waals surface area contributed by atoms with Crippen molar-refractivity contribution in [2.24, 2.45) is 11.8 Å². The van der Waals surface area contributed by atoms with E-state index in [4.69, 9.17) is 34.8 Å². The first-order valence-corrected chi connectivity index (χ1v) is 8.09. The second-order valence-electron chi connectivity index (χ2n) is 5.93. The van der Waals surface area contributed by atoms with Gasteiger partial charge in [0.2, 0.25) is 0 Å². The number of fused-ring (bicyclic) bond motifs is 2. The molecule has 4 heteroatoms. The highest BCUT2D eigenvalue weighted by Gasteiger charge is 2.39. The first-order valence-electron chi connectivity index (χ1n) is 6.95. The molecule has 1 nitrogen and oxygen atoms in total. The summed E-state index contributed by atoms with van der Waals surface area (Å²) in [5, 5.41) is 5.29. The van der Waals surface area contributed by atoms with E-state index in [-0.39, 0.29) is 6.04 Å². The minimum absolute atomic E-state index is 0.214. The lowest BCUT2D eigenvalue weighted by Gasteiger charge is -2.27. The Balaban J connectivity index is 1.74. The van der Waals surface area contributed by atoms with Crippen LogP contribution in [0.15, 0.2) is 12.1 Å². The topological polar surface area (TPSA) is 12.0 Å². The van der Waals surface area contributed by atoms with E-state index in [0.717, 1.165) is 17.4 Å². The van der Waals surface area contributed by atoms with Crippen LogP contribution in [0.3, 0.4) is 0 Å². The Labute approximate surface area is 129 Å². The van der Waals surface area contributed by atoms with Gasteiger partial charge in [0.25, 0.3) is 0 Å². The summed E-state index contributed by atoms with van der Waals surface area (Å²) in [4.78, 5) is 0. The minimum atomic E-state index is 0.214. The maximum Gasteiger partial charge on any atom is 0.0781 e. The molecule has 1 N–H and O–H groups in total. The smallest absolute Gasteiger partial charge is 0.0781 e. The zero-order chi connectivity index (χ0) is 13.6. The summed E-state index contributed by atoms with van der Waals surface area (Å²) in [5.74, 6) is 1.80. The van der Waals surface area contributed by atoms with Gasteiger partial charge in [-0.05, 0) is 49.7 Å². The van der Waals surface area contributed by atoms with Crippen molar-refractivity contribution < 1.29 is 0 Å². The molecule has 4 atom stereocenters. The summed E-state index contributed by atoms with van der Waals surface area (Å²) in [5.41, 5.74) is 1.04. The summed E-state index contributed by atoms with van der Waals surface area (Å²) in [7, 11) is 0. The standard InChI is InChI=1S/C15H18Cl3N/c1-8(11-4-5-12(16)15(18)14(11)17)19-13-7-9-2-3-10(13)6-9/h4-5,8-10,13,19H,2-3,6-7H2,1H3. The maximum atomic E-state index is 6.30. The first-order chi connectivity index (χ1) is 9.06. The lowest BCUT2D eigenvalue weighted by Crippen LogP contribution is -2.35. The van der Waals surface area contributed by atoms with Crippen molar-refractivity contribution in [2.45, 2.75) is 44.7 Å². The summed E-state index contributed by atoms with van der Waals surface area (Å²) < 4.78 is 0. The van der Waals surface area contributed by atoms with Gasteiger partial charge < -0.3 is 5.32 Å². The highest BCUT2D eigenvalue weighted by atomic mass is 35.5. The van der Waals surface area contributed by atoms with Crippen LogP contribution < -0.4 is 5.32 Å². The van der Waals surface area contributed by atoms with Gasteiger partial charge in [0.1, 0.15) is 0 Å². The van der Waals surface area contributed by atoms with Crippen LogP contribution in [-0.2, 0) is 0 Å². The quantitative estimate of drug-likeness (QED) is 0.727. The van der Waals surface area contributed by atoms with Gasteiger partial charge in [-0.25, -0.2) is 0 Å². The van der Waals surface area contributed by atoms with Crippen LogP contribution in [0.2, 0.25) is 15.1 Å². The fraction of sp³-hybridized carbons (Fsp3) is 0.600. The normalized spacial score (nSPS) is 30.8. The SMILES string of the molecule is CC(NC1CC2CCC1C2)c1ccc(Cl)c(Cl)c1Cl. The Bertz CT molecular complexity index is 489. The summed E-state index contributed by atoms with van der Waals surface area (Å²) in [6, 6.07) is 4.65. The Hall–Kier alpha value is 0.0500. The van der Waals surface area contributed by atoms with Crippen LogP contribution in [0, 0.1) is 11.8 Å². The van der Waals surface area contributed by atoms with Crippen LogP contribution in [0.5, 0.6) is 0 Å². The molecule has 104 valence electrons. The molecule has 0 aromatic heterocycles. The molecular formula is C15H18Cl3N. The number of hydrogen-bond acceptors (Lipinski definition) is 1. The molecule has 0 heterocycles. The number of hydrogen-bond donors (Lipinski definition) is 1. The molecule has 19 heavy (non-hydrogen) atoms. The molecule has 2 aliphatic carbocycles. The molecule has 2 saturated carbocycles. The largest absolute Gasteiger partial charge is 0.307 e. The van der Waals surface area contributed by atoms with Crippen LogP contribution in [0.1, 0.15) is 44.2 Å². The van der Waals surface area contributed by atoms with Crippen molar-refractivity contribution in [1.82, 2.24) is 5.32 Å². The molecule has 1 aromatic rings. The van der Waals surface area contributed by atoms with E-state index >= 15 is 0 Å². The van der Waals surface area contributed by atoms with Crippen molar-refractivity contribution in [3.63, 3.8) is 0 Å². The highest BCUT2D eigenvalue weighted by Crippen LogP contribution is 2.45. The molecule has 0 radical (unpaired) electrons.